The Kier molecular flexibility index (Phi) is 3.45. The number of rotatable bonds is 2. The molecule has 0 aromatic heterocycles. The van der Waals surface area contributed by atoms with Crippen LogP contribution in [-0.2, 0) is 29.9 Å². The summed E-state index contributed by atoms with van der Waals surface area (Å²) in [5.41, 5.74) is 0.915. The summed E-state index contributed by atoms with van der Waals surface area (Å²) < 4.78 is 36.8. The van der Waals surface area contributed by atoms with Crippen molar-refractivity contribution >= 4 is 21.4 Å². The molecule has 0 aliphatic carbocycles. The van der Waals surface area contributed by atoms with E-state index in [1.807, 2.05) is 0 Å². The minimum absolute atomic E-state index is 0.0982. The Morgan fingerprint density at radius 3 is 2.38 bits per heavy atom. The second-order valence-corrected chi connectivity index (χ2v) is 7.59. The molecule has 1 spiro atoms. The van der Waals surface area contributed by atoms with Gasteiger partial charge in [-0.25, -0.2) is 8.42 Å². The van der Waals surface area contributed by atoms with E-state index in [0.29, 0.717) is 30.9 Å². The van der Waals surface area contributed by atoms with Gasteiger partial charge in [-0.2, -0.15) is 0 Å². The van der Waals surface area contributed by atoms with E-state index in [2.05, 4.69) is 5.32 Å². The van der Waals surface area contributed by atoms with Gasteiger partial charge in [0.1, 0.15) is 0 Å². The molecule has 0 saturated carbocycles. The molecule has 0 atom stereocenters. The van der Waals surface area contributed by atoms with Crippen LogP contribution in [0.5, 0.6) is 0 Å². The highest BCUT2D eigenvalue weighted by Gasteiger charge is 2.51. The van der Waals surface area contributed by atoms with E-state index in [-0.39, 0.29) is 9.79 Å². The van der Waals surface area contributed by atoms with Crippen molar-refractivity contribution in [2.75, 3.05) is 18.5 Å². The zero-order valence-corrected chi connectivity index (χ0v) is 13.5. The van der Waals surface area contributed by atoms with E-state index in [9.17, 15) is 13.2 Å². The van der Waals surface area contributed by atoms with E-state index in [0.717, 1.165) is 0 Å². The lowest BCUT2D eigenvalue weighted by Gasteiger charge is -2.31. The molecule has 2 aliphatic rings. The molecule has 0 bridgehead atoms. The molecule has 124 valence electrons. The molecule has 6 nitrogen and oxygen atoms in total. The predicted molar refractivity (Wildman–Crippen MR) is 85.2 cm³/mol. The first-order valence-electron chi connectivity index (χ1n) is 7.58. The van der Waals surface area contributed by atoms with Crippen LogP contribution in [0.25, 0.3) is 0 Å². The molecule has 7 heteroatoms. The third-order valence-electron chi connectivity index (χ3n) is 4.16. The van der Waals surface area contributed by atoms with Crippen molar-refractivity contribution in [3.8, 4) is 0 Å². The number of ether oxygens (including phenoxy) is 2. The van der Waals surface area contributed by atoms with Gasteiger partial charge in [0.2, 0.25) is 9.84 Å². The molecule has 2 heterocycles. The number of hydrogen-bond donors (Lipinski definition) is 1. The van der Waals surface area contributed by atoms with Crippen molar-refractivity contribution in [2.45, 2.75) is 22.0 Å². The van der Waals surface area contributed by atoms with Gasteiger partial charge in [-0.15, -0.1) is 0 Å². The highest BCUT2D eigenvalue weighted by atomic mass is 32.2. The second-order valence-electron chi connectivity index (χ2n) is 5.65. The first-order chi connectivity index (χ1) is 11.5. The van der Waals surface area contributed by atoms with Gasteiger partial charge in [-0.3, -0.25) is 4.79 Å². The Morgan fingerprint density at radius 1 is 0.958 bits per heavy atom. The minimum atomic E-state index is -3.68. The molecule has 1 N–H and O–H groups in total. The monoisotopic (exact) mass is 345 g/mol. The SMILES string of the molecule is O=C1Nc2ccc(S(=O)(=O)c3ccccc3)cc2C12OCCCO2. The van der Waals surface area contributed by atoms with E-state index >= 15 is 0 Å². The normalized spacial score (nSPS) is 19.1. The summed E-state index contributed by atoms with van der Waals surface area (Å²) in [6.07, 6.45) is 0.687. The Morgan fingerprint density at radius 2 is 1.67 bits per heavy atom. The Labute approximate surface area is 139 Å². The van der Waals surface area contributed by atoms with Gasteiger partial charge in [0.05, 0.1) is 28.7 Å². The van der Waals surface area contributed by atoms with Gasteiger partial charge in [0.15, 0.2) is 0 Å². The highest BCUT2D eigenvalue weighted by Crippen LogP contribution is 2.43. The standard InChI is InChI=1S/C17H15NO5S/c19-16-17(22-9-4-10-23-17)14-11-13(7-8-15(14)18-16)24(20,21)12-5-2-1-3-6-12/h1-3,5-8,11H,4,9-10H2,(H,18,19). The van der Waals surface area contributed by atoms with Crippen LogP contribution in [0.3, 0.4) is 0 Å². The molecule has 2 aromatic rings. The fourth-order valence-corrected chi connectivity index (χ4v) is 4.26. The number of carbonyl (C=O) groups is 1. The van der Waals surface area contributed by atoms with Crippen molar-refractivity contribution in [1.82, 2.24) is 0 Å². The van der Waals surface area contributed by atoms with Crippen LogP contribution in [0.15, 0.2) is 58.3 Å². The summed E-state index contributed by atoms with van der Waals surface area (Å²) >= 11 is 0. The van der Waals surface area contributed by atoms with E-state index < -0.39 is 21.5 Å². The maximum atomic E-state index is 12.8. The molecule has 4 rings (SSSR count). The summed E-state index contributed by atoms with van der Waals surface area (Å²) in [7, 11) is -3.68. The lowest BCUT2D eigenvalue weighted by atomic mass is 10.1. The van der Waals surface area contributed by atoms with Crippen molar-refractivity contribution in [3.05, 3.63) is 54.1 Å². The number of benzene rings is 2. The fraction of sp³-hybridized carbons (Fsp3) is 0.235. The van der Waals surface area contributed by atoms with Gasteiger partial charge in [-0.05, 0) is 36.8 Å². The van der Waals surface area contributed by atoms with Crippen molar-refractivity contribution < 1.29 is 22.7 Å². The van der Waals surface area contributed by atoms with Gasteiger partial charge in [0.25, 0.3) is 11.7 Å². The molecule has 2 aliphatic heterocycles. The predicted octanol–water partition coefficient (Wildman–Crippen LogP) is 2.06. The van der Waals surface area contributed by atoms with Crippen LogP contribution >= 0.6 is 0 Å². The van der Waals surface area contributed by atoms with Crippen LogP contribution in [0, 0.1) is 0 Å². The zero-order valence-electron chi connectivity index (χ0n) is 12.7. The molecule has 1 saturated heterocycles. The van der Waals surface area contributed by atoms with Gasteiger partial charge < -0.3 is 14.8 Å². The minimum Gasteiger partial charge on any atom is -0.338 e. The molecule has 1 fully saturated rings. The van der Waals surface area contributed by atoms with E-state index in [4.69, 9.17) is 9.47 Å². The average Bonchev–Trinajstić information content (AvgIpc) is 2.88. The molecule has 24 heavy (non-hydrogen) atoms. The number of hydrogen-bond acceptors (Lipinski definition) is 5. The van der Waals surface area contributed by atoms with Gasteiger partial charge >= 0.3 is 0 Å². The van der Waals surface area contributed by atoms with Crippen molar-refractivity contribution in [3.63, 3.8) is 0 Å². The van der Waals surface area contributed by atoms with Gasteiger partial charge in [-0.1, -0.05) is 18.2 Å². The first-order valence-corrected chi connectivity index (χ1v) is 9.06. The topological polar surface area (TPSA) is 81.7 Å². The summed E-state index contributed by atoms with van der Waals surface area (Å²) in [6.45, 7) is 0.755. The lowest BCUT2D eigenvalue weighted by Crippen LogP contribution is -2.43. The Balaban J connectivity index is 1.84. The summed E-state index contributed by atoms with van der Waals surface area (Å²) in [6, 6.07) is 12.7. The largest absolute Gasteiger partial charge is 0.338 e. The van der Waals surface area contributed by atoms with E-state index in [1.165, 1.54) is 24.3 Å². The maximum absolute atomic E-state index is 12.8. The third kappa shape index (κ3) is 2.16. The Bertz CT molecular complexity index is 902. The second kappa shape index (κ2) is 5.41. The first kappa shape index (κ1) is 15.3. The van der Waals surface area contributed by atoms with E-state index in [1.54, 1.807) is 24.3 Å². The van der Waals surface area contributed by atoms with Crippen LogP contribution in [0.4, 0.5) is 5.69 Å². The fourth-order valence-electron chi connectivity index (χ4n) is 2.95. The molecular weight excluding hydrogens is 330 g/mol. The summed E-state index contributed by atoms with van der Waals surface area (Å²) in [5.74, 6) is -1.97. The smallest absolute Gasteiger partial charge is 0.289 e. The number of sulfone groups is 1. The average molecular weight is 345 g/mol. The van der Waals surface area contributed by atoms with Crippen molar-refractivity contribution in [2.24, 2.45) is 0 Å². The van der Waals surface area contributed by atoms with Crippen LogP contribution in [-0.4, -0.2) is 27.5 Å². The molecule has 1 amide bonds. The van der Waals surface area contributed by atoms with Crippen LogP contribution in [0.2, 0.25) is 0 Å². The van der Waals surface area contributed by atoms with Gasteiger partial charge in [0, 0.05) is 5.56 Å². The lowest BCUT2D eigenvalue weighted by molar-refractivity contribution is -0.255. The molecule has 0 unspecified atom stereocenters. The summed E-state index contributed by atoms with van der Waals surface area (Å²) in [5, 5.41) is 2.69. The Hall–Kier alpha value is -2.22. The number of anilines is 1. The zero-order chi connectivity index (χ0) is 16.8. The quantitative estimate of drug-likeness (QED) is 0.901. The number of nitrogens with one attached hydrogen (secondary N) is 1. The van der Waals surface area contributed by atoms with Crippen molar-refractivity contribution in [1.29, 1.82) is 0 Å². The number of amides is 1. The number of carbonyl (C=O) groups excluding carboxylic acids is 1. The number of fused-ring (bicyclic) bond motifs is 2. The molecular formula is C17H15NO5S. The third-order valence-corrected chi connectivity index (χ3v) is 5.92. The van der Waals surface area contributed by atoms with Crippen LogP contribution in [0.1, 0.15) is 12.0 Å². The summed E-state index contributed by atoms with van der Waals surface area (Å²) in [4.78, 5) is 12.6. The van der Waals surface area contributed by atoms with Crippen LogP contribution < -0.4 is 5.32 Å². The maximum Gasteiger partial charge on any atom is 0.289 e. The molecule has 0 radical (unpaired) electrons. The molecule has 2 aromatic carbocycles. The highest BCUT2D eigenvalue weighted by molar-refractivity contribution is 7.91.